The summed E-state index contributed by atoms with van der Waals surface area (Å²) in [6, 6.07) is -0.368. The van der Waals surface area contributed by atoms with Gasteiger partial charge in [0.2, 0.25) is 5.89 Å². The molecule has 1 aromatic rings. The summed E-state index contributed by atoms with van der Waals surface area (Å²) >= 11 is 4.85. The highest BCUT2D eigenvalue weighted by Gasteiger charge is 2.27. The standard InChI is InChI=1S/C12H21N3O3S/c1-6-7(2)8(9-14-15-11(19)17-9)13-10(16)18-12(3,4)5/h7-8H,6H2,1-5H3,(H,13,16)(H,15,19)/t7-,8-/m0/s1. The Morgan fingerprint density at radius 2 is 2.21 bits per heavy atom. The van der Waals surface area contributed by atoms with E-state index in [1.54, 1.807) is 0 Å². The number of H-pyrrole nitrogens is 1. The quantitative estimate of drug-likeness (QED) is 0.830. The van der Waals surface area contributed by atoms with Crippen LogP contribution < -0.4 is 5.32 Å². The lowest BCUT2D eigenvalue weighted by Gasteiger charge is -2.24. The van der Waals surface area contributed by atoms with Crippen molar-refractivity contribution in [2.24, 2.45) is 5.92 Å². The molecule has 0 radical (unpaired) electrons. The van der Waals surface area contributed by atoms with Crippen LogP contribution in [0.4, 0.5) is 4.79 Å². The van der Waals surface area contributed by atoms with Gasteiger partial charge in [0.05, 0.1) is 0 Å². The Bertz CT molecular complexity index is 475. The van der Waals surface area contributed by atoms with E-state index in [9.17, 15) is 4.79 Å². The first kappa shape index (κ1) is 15.7. The van der Waals surface area contributed by atoms with E-state index in [0.717, 1.165) is 6.42 Å². The molecule has 1 aromatic heterocycles. The molecule has 0 aromatic carbocycles. The minimum absolute atomic E-state index is 0.147. The lowest BCUT2D eigenvalue weighted by atomic mass is 9.99. The predicted molar refractivity (Wildman–Crippen MR) is 73.3 cm³/mol. The number of carbonyl (C=O) groups excluding carboxylic acids is 1. The number of ether oxygens (including phenoxy) is 1. The Labute approximate surface area is 117 Å². The molecule has 2 N–H and O–H groups in total. The zero-order valence-corrected chi connectivity index (χ0v) is 12.8. The van der Waals surface area contributed by atoms with Crippen molar-refractivity contribution in [1.82, 2.24) is 15.5 Å². The predicted octanol–water partition coefficient (Wildman–Crippen LogP) is 3.34. The highest BCUT2D eigenvalue weighted by molar-refractivity contribution is 7.71. The van der Waals surface area contributed by atoms with Crippen LogP contribution in [0.1, 0.15) is 53.0 Å². The van der Waals surface area contributed by atoms with Crippen LogP contribution in [-0.2, 0) is 4.74 Å². The number of hydrogen-bond donors (Lipinski definition) is 2. The van der Waals surface area contributed by atoms with Crippen molar-refractivity contribution in [3.8, 4) is 0 Å². The highest BCUT2D eigenvalue weighted by atomic mass is 32.1. The monoisotopic (exact) mass is 287 g/mol. The van der Waals surface area contributed by atoms with Gasteiger partial charge in [0.15, 0.2) is 0 Å². The maximum absolute atomic E-state index is 11.8. The van der Waals surface area contributed by atoms with Gasteiger partial charge >= 0.3 is 6.09 Å². The molecule has 0 aliphatic carbocycles. The number of rotatable bonds is 4. The lowest BCUT2D eigenvalue weighted by Crippen LogP contribution is -2.37. The van der Waals surface area contributed by atoms with Gasteiger partial charge in [0.1, 0.15) is 11.6 Å². The zero-order chi connectivity index (χ0) is 14.6. The number of nitrogens with zero attached hydrogens (tertiary/aromatic N) is 1. The smallest absolute Gasteiger partial charge is 0.408 e. The third kappa shape index (κ3) is 5.02. The fourth-order valence-electron chi connectivity index (χ4n) is 1.49. The first-order chi connectivity index (χ1) is 8.73. The molecule has 0 saturated heterocycles. The van der Waals surface area contributed by atoms with E-state index in [0.29, 0.717) is 5.89 Å². The highest BCUT2D eigenvalue weighted by Crippen LogP contribution is 2.23. The molecule has 1 amide bonds. The van der Waals surface area contributed by atoms with Gasteiger partial charge in [-0.1, -0.05) is 20.3 Å². The van der Waals surface area contributed by atoms with Crippen molar-refractivity contribution in [3.05, 3.63) is 10.7 Å². The second-order valence-corrected chi connectivity index (χ2v) is 5.83. The van der Waals surface area contributed by atoms with Gasteiger partial charge in [0, 0.05) is 0 Å². The summed E-state index contributed by atoms with van der Waals surface area (Å²) in [5.74, 6) is 0.513. The summed E-state index contributed by atoms with van der Waals surface area (Å²) in [7, 11) is 0. The summed E-state index contributed by atoms with van der Waals surface area (Å²) in [5.41, 5.74) is -0.546. The summed E-state index contributed by atoms with van der Waals surface area (Å²) < 4.78 is 10.5. The summed E-state index contributed by atoms with van der Waals surface area (Å²) in [6.45, 7) is 9.45. The van der Waals surface area contributed by atoms with Gasteiger partial charge in [-0.3, -0.25) is 0 Å². The van der Waals surface area contributed by atoms with Gasteiger partial charge in [-0.15, -0.1) is 5.10 Å². The van der Waals surface area contributed by atoms with Crippen LogP contribution in [0.3, 0.4) is 0 Å². The second kappa shape index (κ2) is 6.18. The minimum atomic E-state index is -0.546. The van der Waals surface area contributed by atoms with Crippen molar-refractivity contribution in [2.75, 3.05) is 0 Å². The molecule has 108 valence electrons. The number of hydrogen-bond acceptors (Lipinski definition) is 5. The van der Waals surface area contributed by atoms with Crippen LogP contribution in [-0.4, -0.2) is 21.9 Å². The molecule has 0 aliphatic rings. The van der Waals surface area contributed by atoms with E-state index in [2.05, 4.69) is 15.5 Å². The molecule has 0 unspecified atom stereocenters. The molecule has 1 heterocycles. The molecule has 2 atom stereocenters. The van der Waals surface area contributed by atoms with Gasteiger partial charge in [-0.2, -0.15) is 0 Å². The van der Waals surface area contributed by atoms with E-state index in [1.807, 2.05) is 34.6 Å². The Morgan fingerprint density at radius 3 is 2.63 bits per heavy atom. The fourth-order valence-corrected chi connectivity index (χ4v) is 1.62. The largest absolute Gasteiger partial charge is 0.444 e. The Morgan fingerprint density at radius 1 is 1.58 bits per heavy atom. The zero-order valence-electron chi connectivity index (χ0n) is 11.9. The Balaban J connectivity index is 2.82. The van der Waals surface area contributed by atoms with Crippen LogP contribution in [0.2, 0.25) is 0 Å². The molecular formula is C12H21N3O3S. The van der Waals surface area contributed by atoms with Crippen molar-refractivity contribution in [2.45, 2.75) is 52.7 Å². The van der Waals surface area contributed by atoms with E-state index in [4.69, 9.17) is 21.4 Å². The molecule has 0 saturated carbocycles. The molecule has 0 fully saturated rings. The maximum Gasteiger partial charge on any atom is 0.408 e. The molecule has 6 nitrogen and oxygen atoms in total. The number of carbonyl (C=O) groups is 1. The number of nitrogens with one attached hydrogen (secondary N) is 2. The van der Waals surface area contributed by atoms with Crippen molar-refractivity contribution < 1.29 is 13.9 Å². The van der Waals surface area contributed by atoms with Crippen LogP contribution in [0.25, 0.3) is 0 Å². The van der Waals surface area contributed by atoms with E-state index in [1.165, 1.54) is 0 Å². The van der Waals surface area contributed by atoms with E-state index >= 15 is 0 Å². The molecule has 19 heavy (non-hydrogen) atoms. The van der Waals surface area contributed by atoms with Gasteiger partial charge in [0.25, 0.3) is 4.84 Å². The van der Waals surface area contributed by atoms with Crippen LogP contribution in [0, 0.1) is 10.8 Å². The minimum Gasteiger partial charge on any atom is -0.444 e. The average Bonchev–Trinajstić information content (AvgIpc) is 2.69. The third-order valence-electron chi connectivity index (χ3n) is 2.61. The summed E-state index contributed by atoms with van der Waals surface area (Å²) in [6.07, 6.45) is 0.359. The SMILES string of the molecule is CC[C@H](C)[C@H](NC(=O)OC(C)(C)C)c1n[nH]c(=S)o1. The topological polar surface area (TPSA) is 80.1 Å². The van der Waals surface area contributed by atoms with Gasteiger partial charge < -0.3 is 14.5 Å². The summed E-state index contributed by atoms with van der Waals surface area (Å²) in [5, 5.41) is 9.29. The molecule has 0 aliphatic heterocycles. The number of amides is 1. The lowest BCUT2D eigenvalue weighted by molar-refractivity contribution is 0.0475. The van der Waals surface area contributed by atoms with Crippen LogP contribution >= 0.6 is 12.2 Å². The number of alkyl carbamates (subject to hydrolysis) is 1. The van der Waals surface area contributed by atoms with Crippen molar-refractivity contribution in [3.63, 3.8) is 0 Å². The Kier molecular flexibility index (Phi) is 5.11. The fraction of sp³-hybridized carbons (Fsp3) is 0.750. The van der Waals surface area contributed by atoms with Gasteiger partial charge in [-0.25, -0.2) is 9.89 Å². The molecular weight excluding hydrogens is 266 g/mol. The van der Waals surface area contributed by atoms with Crippen LogP contribution in [0.5, 0.6) is 0 Å². The molecule has 1 rings (SSSR count). The first-order valence-electron chi connectivity index (χ1n) is 6.28. The summed E-state index contributed by atoms with van der Waals surface area (Å²) in [4.78, 5) is 12.0. The molecule has 0 bridgehead atoms. The number of aromatic nitrogens is 2. The van der Waals surface area contributed by atoms with Gasteiger partial charge in [-0.05, 0) is 38.9 Å². The van der Waals surface area contributed by atoms with Crippen molar-refractivity contribution in [1.29, 1.82) is 0 Å². The second-order valence-electron chi connectivity index (χ2n) is 5.46. The third-order valence-corrected chi connectivity index (χ3v) is 2.78. The van der Waals surface area contributed by atoms with Crippen molar-refractivity contribution >= 4 is 18.3 Å². The first-order valence-corrected chi connectivity index (χ1v) is 6.68. The molecule has 7 heteroatoms. The maximum atomic E-state index is 11.8. The molecule has 0 spiro atoms. The van der Waals surface area contributed by atoms with Crippen LogP contribution in [0.15, 0.2) is 4.42 Å². The Hall–Kier alpha value is -1.37. The number of aromatic amines is 1. The normalized spacial score (nSPS) is 14.8. The van der Waals surface area contributed by atoms with E-state index < -0.39 is 11.7 Å². The average molecular weight is 287 g/mol. The van der Waals surface area contributed by atoms with E-state index in [-0.39, 0.29) is 16.8 Å².